The minimum Gasteiger partial charge on any atom is -0.397 e. The van der Waals surface area contributed by atoms with Gasteiger partial charge in [-0.05, 0) is 122 Å². The lowest BCUT2D eigenvalue weighted by atomic mass is 10.0. The highest BCUT2D eigenvalue weighted by Gasteiger charge is 2.22. The van der Waals surface area contributed by atoms with Crippen LogP contribution in [0.5, 0.6) is 0 Å². The third-order valence-corrected chi connectivity index (χ3v) is 14.4. The fourth-order valence-corrected chi connectivity index (χ4v) is 10.1. The van der Waals surface area contributed by atoms with Crippen LogP contribution in [0.4, 0.5) is 48.6 Å². The molecular weight excluding hydrogens is 974 g/mol. The van der Waals surface area contributed by atoms with E-state index in [9.17, 15) is 8.78 Å². The van der Waals surface area contributed by atoms with Crippen LogP contribution in [0, 0.1) is 25.5 Å². The second-order valence-electron chi connectivity index (χ2n) is 18.6. The van der Waals surface area contributed by atoms with E-state index in [1.807, 2.05) is 44.3 Å². The number of benzene rings is 4. The molecule has 0 amide bonds. The molecule has 75 heavy (non-hydrogen) atoms. The summed E-state index contributed by atoms with van der Waals surface area (Å²) in [5.41, 5.74) is 20.0. The summed E-state index contributed by atoms with van der Waals surface area (Å²) in [4.78, 5) is 27.1. The van der Waals surface area contributed by atoms with Crippen molar-refractivity contribution in [1.82, 2.24) is 19.9 Å². The predicted molar refractivity (Wildman–Crippen MR) is 297 cm³/mol. The van der Waals surface area contributed by atoms with E-state index in [4.69, 9.17) is 41.3 Å². The molecule has 12 rings (SSSR count). The van der Waals surface area contributed by atoms with E-state index in [0.717, 1.165) is 171 Å². The summed E-state index contributed by atoms with van der Waals surface area (Å²) >= 11 is 6.33. The van der Waals surface area contributed by atoms with Gasteiger partial charge in [0.2, 0.25) is 0 Å². The molecule has 388 valence electrons. The number of nitrogens with one attached hydrogen (secondary N) is 1. The molecule has 0 atom stereocenters. The Kier molecular flexibility index (Phi) is 16.4. The highest BCUT2D eigenvalue weighted by Crippen LogP contribution is 2.40. The summed E-state index contributed by atoms with van der Waals surface area (Å²) in [6.45, 7) is 16.9. The minimum absolute atomic E-state index is 0.290. The SMILES string of the molecule is Cc1c(-c2cccnc2)nc2ccc(F)cc2c1Cl.Cc1c(-c2cccnc2)nc2ccc(F)cc2c1Nc1cc(N2CCOCC2)ccc1N1CCOCC1.Nc1cc(N2CCOCC2)ccc1N1CCOCC1. The molecule has 0 aliphatic carbocycles. The first-order chi connectivity index (χ1) is 36.7. The molecule has 0 radical (unpaired) electrons. The summed E-state index contributed by atoms with van der Waals surface area (Å²) in [5, 5.41) is 5.64. The number of nitrogens with zero attached hydrogens (tertiary/aromatic N) is 8. The van der Waals surface area contributed by atoms with Crippen molar-refractivity contribution in [3.05, 3.63) is 150 Å². The van der Waals surface area contributed by atoms with E-state index >= 15 is 0 Å². The van der Waals surface area contributed by atoms with Gasteiger partial charge in [-0.3, -0.25) is 9.97 Å². The number of pyridine rings is 4. The lowest BCUT2D eigenvalue weighted by molar-refractivity contribution is 0.122. The van der Waals surface area contributed by atoms with Crippen molar-refractivity contribution in [2.24, 2.45) is 0 Å². The molecule has 4 aromatic carbocycles. The Balaban J connectivity index is 0.000000142. The summed E-state index contributed by atoms with van der Waals surface area (Å²) in [5.74, 6) is -0.605. The second-order valence-corrected chi connectivity index (χ2v) is 19.0. The van der Waals surface area contributed by atoms with E-state index in [1.54, 1.807) is 36.8 Å². The number of ether oxygens (including phenoxy) is 4. The zero-order valence-electron chi connectivity index (χ0n) is 42.3. The van der Waals surface area contributed by atoms with Crippen LogP contribution in [-0.4, -0.2) is 125 Å². The summed E-state index contributed by atoms with van der Waals surface area (Å²) < 4.78 is 49.7. The predicted octanol–water partition coefficient (Wildman–Crippen LogP) is 10.5. The van der Waals surface area contributed by atoms with Gasteiger partial charge >= 0.3 is 0 Å². The van der Waals surface area contributed by atoms with Crippen LogP contribution in [0.3, 0.4) is 0 Å². The molecule has 3 N–H and O–H groups in total. The average molecular weight is 1040 g/mol. The van der Waals surface area contributed by atoms with Gasteiger partial charge in [0.1, 0.15) is 11.6 Å². The maximum Gasteiger partial charge on any atom is 0.124 e. The molecule has 8 aromatic rings. The van der Waals surface area contributed by atoms with Crippen molar-refractivity contribution in [3.63, 3.8) is 0 Å². The zero-order chi connectivity index (χ0) is 51.7. The number of morpholine rings is 4. The monoisotopic (exact) mass is 1030 g/mol. The van der Waals surface area contributed by atoms with E-state index in [1.165, 1.54) is 23.9 Å². The van der Waals surface area contributed by atoms with Crippen molar-refractivity contribution in [2.45, 2.75) is 13.8 Å². The molecule has 4 fully saturated rings. The number of fused-ring (bicyclic) bond motifs is 2. The van der Waals surface area contributed by atoms with Crippen molar-refractivity contribution in [2.75, 3.05) is 136 Å². The maximum absolute atomic E-state index is 14.5. The molecule has 4 aliphatic heterocycles. The number of anilines is 7. The van der Waals surface area contributed by atoms with E-state index in [-0.39, 0.29) is 11.6 Å². The number of aromatic nitrogens is 4. The zero-order valence-corrected chi connectivity index (χ0v) is 43.0. The summed E-state index contributed by atoms with van der Waals surface area (Å²) in [6.07, 6.45) is 7.00. The fraction of sp³-hybridized carbons (Fsp3) is 0.310. The quantitative estimate of drug-likeness (QED) is 0.140. The van der Waals surface area contributed by atoms with Crippen LogP contribution in [-0.2, 0) is 18.9 Å². The molecule has 17 heteroatoms. The molecule has 0 saturated carbocycles. The second kappa shape index (κ2) is 24.0. The number of hydrogen-bond acceptors (Lipinski definition) is 14. The standard InChI is InChI=1S/C29H30FN5O2.C15H10ClFN2.C14H21N3O2/c1-20-28(21-3-2-8-31-19-21)32-25-6-4-22(30)17-24(25)29(20)33-26-18-23(34-9-13-36-14-10-34)5-7-27(26)35-11-15-37-16-12-35;1-9-14(16)12-7-11(17)4-5-13(12)19-15(9)10-3-2-6-18-8-10;15-13-11-12(16-3-7-18-8-4-16)1-2-14(13)17-5-9-19-10-6-17/h2-8,17-19H,9-16H2,1H3,(H,32,33);2-8H,1H3;1-2,11H,3-10,15H2. The van der Waals surface area contributed by atoms with Crippen LogP contribution in [0.2, 0.25) is 5.02 Å². The van der Waals surface area contributed by atoms with Crippen molar-refractivity contribution in [1.29, 1.82) is 0 Å². The van der Waals surface area contributed by atoms with Crippen molar-refractivity contribution < 1.29 is 27.7 Å². The van der Waals surface area contributed by atoms with E-state index in [2.05, 4.69) is 76.3 Å². The molecule has 4 saturated heterocycles. The highest BCUT2D eigenvalue weighted by molar-refractivity contribution is 6.36. The Bertz CT molecular complexity index is 3230. The lowest BCUT2D eigenvalue weighted by Crippen LogP contribution is -2.37. The Morgan fingerprint density at radius 3 is 1.48 bits per heavy atom. The summed E-state index contributed by atoms with van der Waals surface area (Å²) in [6, 6.07) is 29.8. The van der Waals surface area contributed by atoms with Crippen molar-refractivity contribution in [3.8, 4) is 22.5 Å². The van der Waals surface area contributed by atoms with Gasteiger partial charge in [-0.25, -0.2) is 18.7 Å². The number of nitrogen functional groups attached to an aromatic ring is 1. The van der Waals surface area contributed by atoms with E-state index in [0.29, 0.717) is 29.1 Å². The first-order valence-corrected chi connectivity index (χ1v) is 25.8. The Morgan fingerprint density at radius 1 is 0.520 bits per heavy atom. The van der Waals surface area contributed by atoms with Crippen LogP contribution >= 0.6 is 11.6 Å². The molecule has 0 bridgehead atoms. The molecule has 4 aromatic heterocycles. The van der Waals surface area contributed by atoms with Gasteiger partial charge in [-0.2, -0.15) is 0 Å². The van der Waals surface area contributed by atoms with Crippen LogP contribution in [0.25, 0.3) is 44.3 Å². The molecule has 0 unspecified atom stereocenters. The van der Waals surface area contributed by atoms with Gasteiger partial charge in [0.15, 0.2) is 0 Å². The first kappa shape index (κ1) is 51.3. The first-order valence-electron chi connectivity index (χ1n) is 25.5. The van der Waals surface area contributed by atoms with E-state index < -0.39 is 0 Å². The Labute approximate surface area is 441 Å². The Hall–Kier alpha value is -7.21. The van der Waals surface area contributed by atoms with Gasteiger partial charge in [0, 0.05) is 110 Å². The van der Waals surface area contributed by atoms with Gasteiger partial charge in [0.25, 0.3) is 0 Å². The summed E-state index contributed by atoms with van der Waals surface area (Å²) in [7, 11) is 0. The Morgan fingerprint density at radius 2 is 0.973 bits per heavy atom. The number of rotatable bonds is 8. The third-order valence-electron chi connectivity index (χ3n) is 13.9. The molecule has 4 aliphatic rings. The largest absolute Gasteiger partial charge is 0.397 e. The molecule has 0 spiro atoms. The van der Waals surface area contributed by atoms with Crippen LogP contribution in [0.15, 0.2) is 122 Å². The molecule has 8 heterocycles. The fourth-order valence-electron chi connectivity index (χ4n) is 9.86. The van der Waals surface area contributed by atoms with Gasteiger partial charge in [0.05, 0.1) is 109 Å². The topological polar surface area (TPSA) is 139 Å². The third kappa shape index (κ3) is 12.0. The van der Waals surface area contributed by atoms with Gasteiger partial charge < -0.3 is 49.6 Å². The maximum atomic E-state index is 14.5. The van der Waals surface area contributed by atoms with Crippen molar-refractivity contribution >= 4 is 73.2 Å². The molecular formula is C58H61ClF2N10O4. The highest BCUT2D eigenvalue weighted by atomic mass is 35.5. The lowest BCUT2D eigenvalue weighted by Gasteiger charge is -2.33. The number of hydrogen-bond donors (Lipinski definition) is 2. The van der Waals surface area contributed by atoms with Crippen LogP contribution in [0.1, 0.15) is 11.1 Å². The normalized spacial score (nSPS) is 16.0. The minimum atomic E-state index is -0.315. The van der Waals surface area contributed by atoms with Gasteiger partial charge in [-0.1, -0.05) is 11.6 Å². The smallest absolute Gasteiger partial charge is 0.124 e. The molecule has 14 nitrogen and oxygen atoms in total. The van der Waals surface area contributed by atoms with Gasteiger partial charge in [-0.15, -0.1) is 0 Å². The average Bonchev–Trinajstić information content (AvgIpc) is 3.47. The number of halogens is 3. The number of nitrogens with two attached hydrogens (primary N) is 1. The van der Waals surface area contributed by atoms with Crippen LogP contribution < -0.4 is 30.7 Å².